The lowest BCUT2D eigenvalue weighted by atomic mass is 10.1. The number of nitrogens with zero attached hydrogens (tertiary/aromatic N) is 4. The topological polar surface area (TPSA) is 41.4 Å². The molecule has 1 saturated heterocycles. The molecule has 1 aromatic rings. The third-order valence-corrected chi connectivity index (χ3v) is 3.69. The number of carbonyl (C=O) groups is 1. The zero-order valence-electron chi connectivity index (χ0n) is 10.9. The molecule has 100 valence electrons. The zero-order chi connectivity index (χ0) is 13.1. The summed E-state index contributed by atoms with van der Waals surface area (Å²) >= 11 is 4.27. The standard InChI is InChI=1S/C12H20N4OS/c1-14(2)3-4-15-8-11(6-13-15)16-7-10(9-18)5-12(16)17/h6,8,10,18H,3-5,7,9H2,1-2H3. The van der Waals surface area contributed by atoms with Crippen molar-refractivity contribution in [3.05, 3.63) is 12.4 Å². The molecular weight excluding hydrogens is 248 g/mol. The molecule has 1 aliphatic heterocycles. The molecule has 1 aliphatic rings. The van der Waals surface area contributed by atoms with E-state index >= 15 is 0 Å². The van der Waals surface area contributed by atoms with Crippen molar-refractivity contribution in [1.82, 2.24) is 14.7 Å². The molecule has 0 aliphatic carbocycles. The molecule has 1 unspecified atom stereocenters. The summed E-state index contributed by atoms with van der Waals surface area (Å²) in [6.45, 7) is 2.54. The van der Waals surface area contributed by atoms with E-state index < -0.39 is 0 Å². The van der Waals surface area contributed by atoms with Gasteiger partial charge in [-0.25, -0.2) is 0 Å². The normalized spacial score (nSPS) is 20.1. The summed E-state index contributed by atoms with van der Waals surface area (Å²) in [5.41, 5.74) is 0.906. The van der Waals surface area contributed by atoms with E-state index in [1.807, 2.05) is 29.9 Å². The van der Waals surface area contributed by atoms with Crippen molar-refractivity contribution in [2.24, 2.45) is 5.92 Å². The third kappa shape index (κ3) is 3.05. The Balaban J connectivity index is 1.99. The van der Waals surface area contributed by atoms with Crippen LogP contribution in [0.15, 0.2) is 12.4 Å². The molecule has 6 heteroatoms. The van der Waals surface area contributed by atoms with Gasteiger partial charge in [-0.2, -0.15) is 17.7 Å². The van der Waals surface area contributed by atoms with Crippen LogP contribution in [0.1, 0.15) is 6.42 Å². The second kappa shape index (κ2) is 5.75. The molecule has 1 amide bonds. The average molecular weight is 268 g/mol. The fraction of sp³-hybridized carbons (Fsp3) is 0.667. The average Bonchev–Trinajstić information content (AvgIpc) is 2.92. The van der Waals surface area contributed by atoms with Gasteiger partial charge >= 0.3 is 0 Å². The third-order valence-electron chi connectivity index (χ3n) is 3.17. The molecule has 0 saturated carbocycles. The van der Waals surface area contributed by atoms with Crippen molar-refractivity contribution in [3.63, 3.8) is 0 Å². The summed E-state index contributed by atoms with van der Waals surface area (Å²) in [7, 11) is 4.07. The highest BCUT2D eigenvalue weighted by atomic mass is 32.1. The summed E-state index contributed by atoms with van der Waals surface area (Å²) in [5, 5.41) is 4.30. The van der Waals surface area contributed by atoms with Crippen LogP contribution in [-0.2, 0) is 11.3 Å². The first-order valence-corrected chi connectivity index (χ1v) is 6.82. The number of rotatable bonds is 5. The van der Waals surface area contributed by atoms with Crippen LogP contribution in [0, 0.1) is 5.92 Å². The van der Waals surface area contributed by atoms with Gasteiger partial charge in [0, 0.05) is 25.7 Å². The Morgan fingerprint density at radius 3 is 2.94 bits per heavy atom. The number of hydrogen-bond acceptors (Lipinski definition) is 4. The van der Waals surface area contributed by atoms with Gasteiger partial charge in [0.15, 0.2) is 0 Å². The fourth-order valence-corrected chi connectivity index (χ4v) is 2.31. The van der Waals surface area contributed by atoms with Gasteiger partial charge in [0.05, 0.1) is 18.4 Å². The molecule has 0 N–H and O–H groups in total. The number of thiol groups is 1. The van der Waals surface area contributed by atoms with Gasteiger partial charge in [-0.1, -0.05) is 0 Å². The number of carbonyl (C=O) groups excluding carboxylic acids is 1. The van der Waals surface area contributed by atoms with E-state index in [1.54, 1.807) is 6.20 Å². The quantitative estimate of drug-likeness (QED) is 0.800. The predicted octanol–water partition coefficient (Wildman–Crippen LogP) is 0.727. The van der Waals surface area contributed by atoms with Gasteiger partial charge < -0.3 is 9.80 Å². The Kier molecular flexibility index (Phi) is 4.29. The van der Waals surface area contributed by atoms with Gasteiger partial charge in [0.25, 0.3) is 0 Å². The predicted molar refractivity (Wildman–Crippen MR) is 75.1 cm³/mol. The van der Waals surface area contributed by atoms with Crippen LogP contribution in [0.5, 0.6) is 0 Å². The second-order valence-electron chi connectivity index (χ2n) is 5.02. The maximum atomic E-state index is 11.9. The van der Waals surface area contributed by atoms with E-state index in [2.05, 4.69) is 22.6 Å². The molecule has 0 spiro atoms. The Morgan fingerprint density at radius 2 is 2.33 bits per heavy atom. The lowest BCUT2D eigenvalue weighted by molar-refractivity contribution is -0.117. The number of anilines is 1. The molecule has 1 aromatic heterocycles. The van der Waals surface area contributed by atoms with Crippen LogP contribution < -0.4 is 4.90 Å². The molecule has 0 bridgehead atoms. The first kappa shape index (κ1) is 13.4. The van der Waals surface area contributed by atoms with E-state index in [0.717, 1.165) is 31.1 Å². The highest BCUT2D eigenvalue weighted by Gasteiger charge is 2.30. The highest BCUT2D eigenvalue weighted by molar-refractivity contribution is 7.80. The lowest BCUT2D eigenvalue weighted by Crippen LogP contribution is -2.24. The minimum Gasteiger partial charge on any atom is -0.309 e. The van der Waals surface area contributed by atoms with Crippen LogP contribution in [0.25, 0.3) is 0 Å². The molecule has 2 heterocycles. The van der Waals surface area contributed by atoms with Gasteiger partial charge in [0.2, 0.25) is 5.91 Å². The van der Waals surface area contributed by atoms with Crippen LogP contribution >= 0.6 is 12.6 Å². The van der Waals surface area contributed by atoms with Gasteiger partial charge in [0.1, 0.15) is 0 Å². The number of hydrogen-bond donors (Lipinski definition) is 1. The molecule has 2 rings (SSSR count). The van der Waals surface area contributed by atoms with E-state index in [4.69, 9.17) is 0 Å². The Morgan fingerprint density at radius 1 is 1.56 bits per heavy atom. The number of amides is 1. The van der Waals surface area contributed by atoms with Gasteiger partial charge in [-0.3, -0.25) is 9.48 Å². The van der Waals surface area contributed by atoms with E-state index in [0.29, 0.717) is 12.3 Å². The summed E-state index contributed by atoms with van der Waals surface area (Å²) in [5.74, 6) is 1.31. The Hall–Kier alpha value is -1.01. The van der Waals surface area contributed by atoms with E-state index in [9.17, 15) is 4.79 Å². The van der Waals surface area contributed by atoms with E-state index in [-0.39, 0.29) is 5.91 Å². The molecule has 0 radical (unpaired) electrons. The van der Waals surface area contributed by atoms with Crippen molar-refractivity contribution < 1.29 is 4.79 Å². The Labute approximate surface area is 113 Å². The summed E-state index contributed by atoms with van der Waals surface area (Å²) in [4.78, 5) is 15.8. The van der Waals surface area contributed by atoms with Crippen LogP contribution in [0.3, 0.4) is 0 Å². The molecule has 0 aromatic carbocycles. The Bertz CT molecular complexity index is 418. The lowest BCUT2D eigenvalue weighted by Gasteiger charge is -2.13. The minimum atomic E-state index is 0.182. The van der Waals surface area contributed by atoms with E-state index in [1.165, 1.54) is 0 Å². The van der Waals surface area contributed by atoms with Crippen molar-refractivity contribution in [3.8, 4) is 0 Å². The first-order chi connectivity index (χ1) is 8.60. The number of aromatic nitrogens is 2. The number of likely N-dealkylation sites (N-methyl/N-ethyl adjacent to an activating group) is 1. The molecule has 5 nitrogen and oxygen atoms in total. The van der Waals surface area contributed by atoms with Crippen molar-refractivity contribution >= 4 is 24.2 Å². The van der Waals surface area contributed by atoms with Gasteiger partial charge in [-0.15, -0.1) is 0 Å². The molecule has 1 fully saturated rings. The largest absolute Gasteiger partial charge is 0.309 e. The monoisotopic (exact) mass is 268 g/mol. The maximum absolute atomic E-state index is 11.9. The van der Waals surface area contributed by atoms with Gasteiger partial charge in [-0.05, 0) is 25.8 Å². The van der Waals surface area contributed by atoms with Crippen LogP contribution in [0.4, 0.5) is 5.69 Å². The SMILES string of the molecule is CN(C)CCn1cc(N2CC(CS)CC2=O)cn1. The summed E-state index contributed by atoms with van der Waals surface area (Å²) < 4.78 is 1.89. The van der Waals surface area contributed by atoms with Crippen LogP contribution in [0.2, 0.25) is 0 Å². The fourth-order valence-electron chi connectivity index (χ4n) is 2.07. The molecule has 18 heavy (non-hydrogen) atoms. The van der Waals surface area contributed by atoms with Crippen molar-refractivity contribution in [2.45, 2.75) is 13.0 Å². The van der Waals surface area contributed by atoms with Crippen LogP contribution in [-0.4, -0.2) is 53.5 Å². The zero-order valence-corrected chi connectivity index (χ0v) is 11.8. The maximum Gasteiger partial charge on any atom is 0.227 e. The first-order valence-electron chi connectivity index (χ1n) is 6.18. The second-order valence-corrected chi connectivity index (χ2v) is 5.39. The minimum absolute atomic E-state index is 0.182. The molecule has 1 atom stereocenters. The van der Waals surface area contributed by atoms with Crippen molar-refractivity contribution in [2.75, 3.05) is 37.8 Å². The van der Waals surface area contributed by atoms with Crippen molar-refractivity contribution in [1.29, 1.82) is 0 Å². The highest BCUT2D eigenvalue weighted by Crippen LogP contribution is 2.25. The summed E-state index contributed by atoms with van der Waals surface area (Å²) in [6, 6.07) is 0. The molecular formula is C12H20N4OS. The summed E-state index contributed by atoms with van der Waals surface area (Å²) in [6.07, 6.45) is 4.32. The smallest absolute Gasteiger partial charge is 0.227 e.